The highest BCUT2D eigenvalue weighted by Crippen LogP contribution is 2.35. The average Bonchev–Trinajstić information content (AvgIpc) is 3.17. The summed E-state index contributed by atoms with van der Waals surface area (Å²) in [6, 6.07) is 3.04. The van der Waals surface area contributed by atoms with Crippen LogP contribution in [-0.2, 0) is 27.4 Å². The van der Waals surface area contributed by atoms with Gasteiger partial charge in [0.1, 0.15) is 0 Å². The van der Waals surface area contributed by atoms with Gasteiger partial charge < -0.3 is 9.88 Å². The zero-order chi connectivity index (χ0) is 23.0. The molecule has 1 saturated heterocycles. The first-order valence-electron chi connectivity index (χ1n) is 10.2. The quantitative estimate of drug-likeness (QED) is 0.612. The summed E-state index contributed by atoms with van der Waals surface area (Å²) in [6.45, 7) is 6.13. The number of fused-ring (bicyclic) bond motifs is 1. The number of amides is 1. The molecule has 1 aromatic heterocycles. The second-order valence-electron chi connectivity index (χ2n) is 8.14. The molecule has 2 aromatic rings. The van der Waals surface area contributed by atoms with Gasteiger partial charge in [-0.15, -0.1) is 0 Å². The number of halogens is 3. The standard InChI is InChI=1S/C20H26F3N3O3S2/c1-4-8-26-16-10-13(20(21,22)23)5-6-15(16)25-19(26)30-17(12(2)3)18(27)24-14-7-9-31(28,29)11-14/h5-6,10,12,14,17H,4,7-9,11H2,1-3H3,(H,24,27). The van der Waals surface area contributed by atoms with E-state index < -0.39 is 32.9 Å². The molecule has 172 valence electrons. The number of nitrogens with one attached hydrogen (secondary N) is 1. The Labute approximate surface area is 183 Å². The molecule has 31 heavy (non-hydrogen) atoms. The van der Waals surface area contributed by atoms with E-state index in [0.717, 1.165) is 12.1 Å². The van der Waals surface area contributed by atoms with Crippen molar-refractivity contribution in [1.29, 1.82) is 0 Å². The third kappa shape index (κ3) is 5.54. The summed E-state index contributed by atoms with van der Waals surface area (Å²) in [5, 5.41) is 2.74. The summed E-state index contributed by atoms with van der Waals surface area (Å²) in [5.41, 5.74) is 0.0760. The van der Waals surface area contributed by atoms with Gasteiger partial charge in [0.25, 0.3) is 0 Å². The van der Waals surface area contributed by atoms with Crippen molar-refractivity contribution in [3.8, 4) is 0 Å². The highest BCUT2D eigenvalue weighted by Gasteiger charge is 2.34. The van der Waals surface area contributed by atoms with E-state index in [1.807, 2.05) is 20.8 Å². The van der Waals surface area contributed by atoms with Crippen LogP contribution in [0.4, 0.5) is 13.2 Å². The Hall–Kier alpha value is -1.75. The molecule has 2 heterocycles. The van der Waals surface area contributed by atoms with Gasteiger partial charge in [0.05, 0.1) is 33.4 Å². The minimum atomic E-state index is -4.45. The smallest absolute Gasteiger partial charge is 0.351 e. The van der Waals surface area contributed by atoms with E-state index in [1.54, 1.807) is 4.57 Å². The summed E-state index contributed by atoms with van der Waals surface area (Å²) in [6.07, 6.45) is -3.38. The molecule has 1 aliphatic heterocycles. The van der Waals surface area contributed by atoms with Gasteiger partial charge in [0.2, 0.25) is 5.91 Å². The number of hydrogen-bond donors (Lipinski definition) is 1. The van der Waals surface area contributed by atoms with Crippen LogP contribution in [0.2, 0.25) is 0 Å². The number of aromatic nitrogens is 2. The Bertz CT molecular complexity index is 1060. The average molecular weight is 478 g/mol. The first kappa shape index (κ1) is 23.9. The lowest BCUT2D eigenvalue weighted by Gasteiger charge is -2.22. The van der Waals surface area contributed by atoms with Crippen LogP contribution in [-0.4, -0.2) is 46.7 Å². The van der Waals surface area contributed by atoms with Crippen LogP contribution < -0.4 is 5.32 Å². The molecule has 1 N–H and O–H groups in total. The Morgan fingerprint density at radius 1 is 1.35 bits per heavy atom. The van der Waals surface area contributed by atoms with Crippen molar-refractivity contribution < 1.29 is 26.4 Å². The molecular weight excluding hydrogens is 451 g/mol. The third-order valence-corrected chi connectivity index (χ3v) is 8.47. The fraction of sp³-hybridized carbons (Fsp3) is 0.600. The first-order valence-corrected chi connectivity index (χ1v) is 12.9. The van der Waals surface area contributed by atoms with Crippen molar-refractivity contribution in [1.82, 2.24) is 14.9 Å². The maximum Gasteiger partial charge on any atom is 0.416 e. The molecule has 0 radical (unpaired) electrons. The zero-order valence-electron chi connectivity index (χ0n) is 17.6. The number of benzene rings is 1. The number of carbonyl (C=O) groups is 1. The van der Waals surface area contributed by atoms with E-state index in [-0.39, 0.29) is 23.3 Å². The van der Waals surface area contributed by atoms with E-state index in [4.69, 9.17) is 0 Å². The maximum absolute atomic E-state index is 13.2. The largest absolute Gasteiger partial charge is 0.416 e. The molecule has 0 aliphatic carbocycles. The van der Waals surface area contributed by atoms with Crippen molar-refractivity contribution in [2.45, 2.75) is 62.8 Å². The normalized spacial score (nSPS) is 19.8. The van der Waals surface area contributed by atoms with Crippen molar-refractivity contribution in [2.75, 3.05) is 11.5 Å². The molecule has 0 bridgehead atoms. The minimum absolute atomic E-state index is 0.0608. The molecule has 1 aliphatic rings. The first-order chi connectivity index (χ1) is 14.4. The lowest BCUT2D eigenvalue weighted by atomic mass is 10.1. The van der Waals surface area contributed by atoms with Crippen LogP contribution >= 0.6 is 11.8 Å². The topological polar surface area (TPSA) is 81.1 Å². The predicted octanol–water partition coefficient (Wildman–Crippen LogP) is 3.89. The van der Waals surface area contributed by atoms with E-state index >= 15 is 0 Å². The SMILES string of the molecule is CCCn1c(SC(C(=O)NC2CCS(=O)(=O)C2)C(C)C)nc2ccc(C(F)(F)F)cc21. The monoisotopic (exact) mass is 477 g/mol. The number of sulfone groups is 1. The number of aryl methyl sites for hydroxylation is 1. The molecule has 11 heteroatoms. The number of thioether (sulfide) groups is 1. The number of nitrogens with zero attached hydrogens (tertiary/aromatic N) is 2. The second kappa shape index (κ2) is 9.01. The Morgan fingerprint density at radius 3 is 2.61 bits per heavy atom. The Balaban J connectivity index is 1.89. The van der Waals surface area contributed by atoms with Gasteiger partial charge >= 0.3 is 6.18 Å². The van der Waals surface area contributed by atoms with Gasteiger partial charge in [-0.05, 0) is 37.0 Å². The van der Waals surface area contributed by atoms with Crippen molar-refractivity contribution in [2.24, 2.45) is 5.92 Å². The molecule has 1 amide bonds. The van der Waals surface area contributed by atoms with Crippen LogP contribution in [0.5, 0.6) is 0 Å². The molecule has 1 aromatic carbocycles. The van der Waals surface area contributed by atoms with E-state index in [2.05, 4.69) is 10.3 Å². The molecule has 1 fully saturated rings. The number of imidazole rings is 1. The van der Waals surface area contributed by atoms with Gasteiger partial charge in [-0.2, -0.15) is 13.2 Å². The second-order valence-corrected chi connectivity index (χ2v) is 11.5. The van der Waals surface area contributed by atoms with Gasteiger partial charge in [-0.1, -0.05) is 32.5 Å². The number of hydrogen-bond acceptors (Lipinski definition) is 5. The summed E-state index contributed by atoms with van der Waals surface area (Å²) >= 11 is 1.20. The van der Waals surface area contributed by atoms with Crippen LogP contribution in [0.3, 0.4) is 0 Å². The van der Waals surface area contributed by atoms with Crippen LogP contribution in [0.1, 0.15) is 39.2 Å². The van der Waals surface area contributed by atoms with Crippen molar-refractivity contribution in [3.05, 3.63) is 23.8 Å². The number of carbonyl (C=O) groups excluding carboxylic acids is 1. The predicted molar refractivity (Wildman–Crippen MR) is 115 cm³/mol. The summed E-state index contributed by atoms with van der Waals surface area (Å²) in [7, 11) is -3.12. The van der Waals surface area contributed by atoms with Gasteiger partial charge in [-0.25, -0.2) is 13.4 Å². The molecule has 0 spiro atoms. The summed E-state index contributed by atoms with van der Waals surface area (Å²) in [4.78, 5) is 17.4. The highest BCUT2D eigenvalue weighted by molar-refractivity contribution is 8.00. The molecular formula is C20H26F3N3O3S2. The van der Waals surface area contributed by atoms with Gasteiger partial charge in [0.15, 0.2) is 15.0 Å². The molecule has 2 atom stereocenters. The fourth-order valence-corrected chi connectivity index (χ4v) is 6.42. The number of alkyl halides is 3. The lowest BCUT2D eigenvalue weighted by molar-refractivity contribution is -0.137. The van der Waals surface area contributed by atoms with Crippen molar-refractivity contribution >= 4 is 38.5 Å². The van der Waals surface area contributed by atoms with E-state index in [0.29, 0.717) is 35.6 Å². The maximum atomic E-state index is 13.2. The molecule has 6 nitrogen and oxygen atoms in total. The molecule has 3 rings (SSSR count). The van der Waals surface area contributed by atoms with Gasteiger partial charge in [-0.3, -0.25) is 4.79 Å². The summed E-state index contributed by atoms with van der Waals surface area (Å²) < 4.78 is 64.6. The molecule has 2 unspecified atom stereocenters. The summed E-state index contributed by atoms with van der Waals surface area (Å²) in [5.74, 6) is -0.384. The van der Waals surface area contributed by atoms with Crippen LogP contribution in [0.25, 0.3) is 11.0 Å². The third-order valence-electron chi connectivity index (χ3n) is 5.16. The fourth-order valence-electron chi connectivity index (χ4n) is 3.60. The highest BCUT2D eigenvalue weighted by atomic mass is 32.2. The van der Waals surface area contributed by atoms with E-state index in [9.17, 15) is 26.4 Å². The van der Waals surface area contributed by atoms with E-state index in [1.165, 1.54) is 17.8 Å². The van der Waals surface area contributed by atoms with Gasteiger partial charge in [0, 0.05) is 12.6 Å². The van der Waals surface area contributed by atoms with Crippen LogP contribution in [0, 0.1) is 5.92 Å². The zero-order valence-corrected chi connectivity index (χ0v) is 19.2. The van der Waals surface area contributed by atoms with Crippen molar-refractivity contribution in [3.63, 3.8) is 0 Å². The Morgan fingerprint density at radius 2 is 2.06 bits per heavy atom. The number of rotatable bonds is 7. The minimum Gasteiger partial charge on any atom is -0.351 e. The lowest BCUT2D eigenvalue weighted by Crippen LogP contribution is -2.42. The Kier molecular flexibility index (Phi) is 6.95. The molecule has 0 saturated carbocycles. The van der Waals surface area contributed by atoms with Crippen LogP contribution in [0.15, 0.2) is 23.4 Å².